The van der Waals surface area contributed by atoms with Gasteiger partial charge in [-0.25, -0.2) is 9.78 Å². The van der Waals surface area contributed by atoms with Crippen molar-refractivity contribution in [2.24, 2.45) is 17.4 Å². The molecule has 5 atom stereocenters. The van der Waals surface area contributed by atoms with Crippen LogP contribution in [0.4, 0.5) is 0 Å². The van der Waals surface area contributed by atoms with E-state index in [4.69, 9.17) is 11.5 Å². The number of H-pyrrole nitrogens is 1. The lowest BCUT2D eigenvalue weighted by molar-refractivity contribution is -0.143. The van der Waals surface area contributed by atoms with Gasteiger partial charge in [0.2, 0.25) is 23.6 Å². The van der Waals surface area contributed by atoms with Crippen molar-refractivity contribution in [2.45, 2.75) is 76.7 Å². The first-order valence-electron chi connectivity index (χ1n) is 11.1. The molecular formula is C21H35N7O7. The van der Waals surface area contributed by atoms with Crippen molar-refractivity contribution < 1.29 is 34.2 Å². The molecule has 0 unspecified atom stereocenters. The molecule has 35 heavy (non-hydrogen) atoms. The van der Waals surface area contributed by atoms with Crippen LogP contribution in [0.25, 0.3) is 0 Å². The molecule has 1 rings (SSSR count). The van der Waals surface area contributed by atoms with Crippen LogP contribution in [0.1, 0.15) is 45.7 Å². The predicted octanol–water partition coefficient (Wildman–Crippen LogP) is -2.49. The first kappa shape index (κ1) is 29.5. The van der Waals surface area contributed by atoms with E-state index >= 15 is 0 Å². The largest absolute Gasteiger partial charge is 0.480 e. The zero-order valence-electron chi connectivity index (χ0n) is 20.0. The number of carboxylic acid groups (broad SMARTS) is 1. The number of aliphatic hydroxyl groups is 1. The Hall–Kier alpha value is -3.52. The number of aliphatic hydroxyl groups excluding tert-OH is 1. The first-order valence-corrected chi connectivity index (χ1v) is 11.1. The van der Waals surface area contributed by atoms with Crippen molar-refractivity contribution in [3.05, 3.63) is 18.2 Å². The second-order valence-corrected chi connectivity index (χ2v) is 8.71. The monoisotopic (exact) mass is 497 g/mol. The molecule has 0 aliphatic heterocycles. The van der Waals surface area contributed by atoms with Crippen molar-refractivity contribution in [3.63, 3.8) is 0 Å². The lowest BCUT2D eigenvalue weighted by atomic mass is 10.0. The van der Waals surface area contributed by atoms with Crippen LogP contribution < -0.4 is 27.4 Å². The predicted molar refractivity (Wildman–Crippen MR) is 123 cm³/mol. The fourth-order valence-electron chi connectivity index (χ4n) is 3.19. The highest BCUT2D eigenvalue weighted by atomic mass is 16.4. The Labute approximate surface area is 202 Å². The highest BCUT2D eigenvalue weighted by Gasteiger charge is 2.33. The summed E-state index contributed by atoms with van der Waals surface area (Å²) in [4.78, 5) is 67.4. The fraction of sp³-hybridized carbons (Fsp3) is 0.619. The second kappa shape index (κ2) is 14.0. The molecule has 0 radical (unpaired) electrons. The SMILES string of the molecule is CC(C)C[C@H](N)C(=O)N[C@@H](CCC(N)=O)C(=O)N[C@H](C(=O)N[C@@H](Cc1cnc[nH]1)C(=O)O)[C@@H](C)O. The Bertz CT molecular complexity index is 873. The highest BCUT2D eigenvalue weighted by molar-refractivity contribution is 5.94. The highest BCUT2D eigenvalue weighted by Crippen LogP contribution is 2.06. The van der Waals surface area contributed by atoms with Gasteiger partial charge in [-0.3, -0.25) is 19.2 Å². The standard InChI is InChI=1S/C21H35N7O7/c1-10(2)6-13(22)18(31)26-14(4-5-16(23)30)19(32)28-17(11(3)29)20(33)27-15(21(34)35)7-12-8-24-9-25-12/h8-11,13-15,17,29H,4-7,22H2,1-3H3,(H2,23,30)(H,24,25)(H,26,31)(H,27,33)(H,28,32)(H,34,35)/t11-,13+,14+,15+,17+/m1/s1. The summed E-state index contributed by atoms with van der Waals surface area (Å²) in [7, 11) is 0. The van der Waals surface area contributed by atoms with Gasteiger partial charge in [0.25, 0.3) is 0 Å². The molecule has 1 heterocycles. The van der Waals surface area contributed by atoms with Gasteiger partial charge in [-0.05, 0) is 25.7 Å². The van der Waals surface area contributed by atoms with Gasteiger partial charge in [-0.2, -0.15) is 0 Å². The smallest absolute Gasteiger partial charge is 0.326 e. The Morgan fingerprint density at radius 3 is 2.14 bits per heavy atom. The summed E-state index contributed by atoms with van der Waals surface area (Å²) in [6, 6.07) is -5.11. The van der Waals surface area contributed by atoms with E-state index in [1.807, 2.05) is 13.8 Å². The van der Waals surface area contributed by atoms with E-state index in [2.05, 4.69) is 25.9 Å². The number of imidazole rings is 1. The molecule has 0 fully saturated rings. The number of carboxylic acids is 1. The number of aromatic amines is 1. The van der Waals surface area contributed by atoms with Gasteiger partial charge >= 0.3 is 5.97 Å². The zero-order chi connectivity index (χ0) is 26.7. The number of rotatable bonds is 15. The third-order valence-corrected chi connectivity index (χ3v) is 5.03. The quantitative estimate of drug-likeness (QED) is 0.128. The molecule has 14 heteroatoms. The van der Waals surface area contributed by atoms with Crippen molar-refractivity contribution in [2.75, 3.05) is 0 Å². The average Bonchev–Trinajstić information content (AvgIpc) is 3.26. The Morgan fingerprint density at radius 1 is 1.03 bits per heavy atom. The lowest BCUT2D eigenvalue weighted by Crippen LogP contribution is -2.60. The summed E-state index contributed by atoms with van der Waals surface area (Å²) >= 11 is 0. The van der Waals surface area contributed by atoms with Gasteiger partial charge in [-0.1, -0.05) is 13.8 Å². The molecule has 1 aromatic rings. The van der Waals surface area contributed by atoms with Crippen LogP contribution >= 0.6 is 0 Å². The summed E-state index contributed by atoms with van der Waals surface area (Å²) in [5.41, 5.74) is 11.5. The first-order chi connectivity index (χ1) is 16.3. The third-order valence-electron chi connectivity index (χ3n) is 5.03. The molecule has 0 saturated heterocycles. The molecule has 0 aromatic carbocycles. The van der Waals surface area contributed by atoms with Gasteiger partial charge in [0.15, 0.2) is 0 Å². The molecule has 0 aliphatic rings. The molecule has 1 aromatic heterocycles. The summed E-state index contributed by atoms with van der Waals surface area (Å²) in [5.74, 6) is -4.41. The molecule has 10 N–H and O–H groups in total. The molecule has 0 aliphatic carbocycles. The number of nitrogens with one attached hydrogen (secondary N) is 4. The van der Waals surface area contributed by atoms with E-state index in [9.17, 15) is 34.2 Å². The van der Waals surface area contributed by atoms with Crippen molar-refractivity contribution >= 4 is 29.6 Å². The van der Waals surface area contributed by atoms with E-state index in [0.717, 1.165) is 0 Å². The normalized spacial score (nSPS) is 15.4. The molecular weight excluding hydrogens is 462 g/mol. The van der Waals surface area contributed by atoms with Gasteiger partial charge in [0.05, 0.1) is 18.5 Å². The molecule has 196 valence electrons. The second-order valence-electron chi connectivity index (χ2n) is 8.71. The van der Waals surface area contributed by atoms with Gasteiger partial charge in [0, 0.05) is 24.7 Å². The maximum Gasteiger partial charge on any atom is 0.326 e. The zero-order valence-corrected chi connectivity index (χ0v) is 20.0. The number of carbonyl (C=O) groups excluding carboxylic acids is 4. The van der Waals surface area contributed by atoms with Crippen LogP contribution in [-0.4, -0.2) is 80.1 Å². The number of primary amides is 1. The van der Waals surface area contributed by atoms with Crippen LogP contribution in [0, 0.1) is 5.92 Å². The molecule has 0 spiro atoms. The summed E-state index contributed by atoms with van der Waals surface area (Å²) in [5, 5.41) is 26.6. The molecule has 0 bridgehead atoms. The number of nitrogens with zero attached hydrogens (tertiary/aromatic N) is 1. The molecule has 4 amide bonds. The van der Waals surface area contributed by atoms with Crippen molar-refractivity contribution in [1.82, 2.24) is 25.9 Å². The van der Waals surface area contributed by atoms with Crippen molar-refractivity contribution in [3.8, 4) is 0 Å². The van der Waals surface area contributed by atoms with Crippen LogP contribution in [-0.2, 0) is 30.4 Å². The van der Waals surface area contributed by atoms with E-state index in [0.29, 0.717) is 12.1 Å². The van der Waals surface area contributed by atoms with Gasteiger partial charge < -0.3 is 42.6 Å². The molecule has 14 nitrogen and oxygen atoms in total. The van der Waals surface area contributed by atoms with Crippen LogP contribution in [0.5, 0.6) is 0 Å². The summed E-state index contributed by atoms with van der Waals surface area (Å²) < 4.78 is 0. The lowest BCUT2D eigenvalue weighted by Gasteiger charge is -2.26. The average molecular weight is 498 g/mol. The third kappa shape index (κ3) is 10.5. The number of aliphatic carboxylic acids is 1. The van der Waals surface area contributed by atoms with E-state index < -0.39 is 59.9 Å². The van der Waals surface area contributed by atoms with Crippen LogP contribution in [0.15, 0.2) is 12.5 Å². The maximum atomic E-state index is 12.9. The minimum Gasteiger partial charge on any atom is -0.480 e. The Morgan fingerprint density at radius 2 is 1.66 bits per heavy atom. The summed E-state index contributed by atoms with van der Waals surface area (Å²) in [6.07, 6.45) is 1.14. The number of amides is 4. The summed E-state index contributed by atoms with van der Waals surface area (Å²) in [6.45, 7) is 4.96. The minimum atomic E-state index is -1.55. The fourth-order valence-corrected chi connectivity index (χ4v) is 3.19. The number of hydrogen-bond acceptors (Lipinski definition) is 8. The number of aromatic nitrogens is 2. The van der Waals surface area contributed by atoms with E-state index in [1.54, 1.807) is 0 Å². The maximum absolute atomic E-state index is 12.9. The van der Waals surface area contributed by atoms with Gasteiger partial charge in [0.1, 0.15) is 18.1 Å². The minimum absolute atomic E-state index is 0.112. The van der Waals surface area contributed by atoms with Crippen LogP contribution in [0.3, 0.4) is 0 Å². The van der Waals surface area contributed by atoms with Crippen LogP contribution in [0.2, 0.25) is 0 Å². The Balaban J connectivity index is 2.95. The Kier molecular flexibility index (Phi) is 11.8. The van der Waals surface area contributed by atoms with E-state index in [-0.39, 0.29) is 25.2 Å². The number of nitrogens with two attached hydrogens (primary N) is 2. The topological polar surface area (TPSA) is 243 Å². The number of carbonyl (C=O) groups is 5. The molecule has 0 saturated carbocycles. The van der Waals surface area contributed by atoms with E-state index in [1.165, 1.54) is 19.4 Å². The number of hydrogen-bond donors (Lipinski definition) is 8. The van der Waals surface area contributed by atoms with Gasteiger partial charge in [-0.15, -0.1) is 0 Å². The van der Waals surface area contributed by atoms with Crippen molar-refractivity contribution in [1.29, 1.82) is 0 Å².